The lowest BCUT2D eigenvalue weighted by Crippen LogP contribution is -2.33. The second-order valence-corrected chi connectivity index (χ2v) is 5.71. The van der Waals surface area contributed by atoms with Crippen LogP contribution in [0.5, 0.6) is 5.75 Å². The van der Waals surface area contributed by atoms with Gasteiger partial charge in [-0.1, -0.05) is 43.2 Å². The first-order chi connectivity index (χ1) is 10.3. The third-order valence-corrected chi connectivity index (χ3v) is 4.57. The lowest BCUT2D eigenvalue weighted by atomic mass is 9.73. The van der Waals surface area contributed by atoms with Crippen molar-refractivity contribution in [2.75, 3.05) is 7.11 Å². The van der Waals surface area contributed by atoms with E-state index in [4.69, 9.17) is 4.74 Å². The maximum absolute atomic E-state index is 13.1. The molecule has 108 valence electrons. The fourth-order valence-electron chi connectivity index (χ4n) is 3.40. The van der Waals surface area contributed by atoms with Gasteiger partial charge in [-0.25, -0.2) is 0 Å². The minimum Gasteiger partial charge on any atom is -0.497 e. The predicted octanol–water partition coefficient (Wildman–Crippen LogP) is 4.39. The first-order valence-electron chi connectivity index (χ1n) is 7.51. The number of carbonyl (C=O) groups is 1. The molecule has 3 rings (SSSR count). The highest BCUT2D eigenvalue weighted by atomic mass is 16.5. The number of Topliss-reactive ketones (excluding diaryl/α,β-unsaturated/α-hetero) is 1. The molecule has 1 aliphatic rings. The van der Waals surface area contributed by atoms with Gasteiger partial charge >= 0.3 is 0 Å². The summed E-state index contributed by atoms with van der Waals surface area (Å²) in [5, 5.41) is 0. The highest BCUT2D eigenvalue weighted by molar-refractivity contribution is 6.04. The van der Waals surface area contributed by atoms with Crippen molar-refractivity contribution in [1.82, 2.24) is 0 Å². The molecule has 0 bridgehead atoms. The van der Waals surface area contributed by atoms with E-state index in [1.54, 1.807) is 7.11 Å². The normalized spacial score (nSPS) is 16.6. The van der Waals surface area contributed by atoms with Gasteiger partial charge in [0.15, 0.2) is 5.78 Å². The minimum absolute atomic E-state index is 0.244. The van der Waals surface area contributed by atoms with Gasteiger partial charge in [0.05, 0.1) is 12.5 Å². The van der Waals surface area contributed by atoms with Crippen LogP contribution in [0.2, 0.25) is 0 Å². The third kappa shape index (κ3) is 2.46. The van der Waals surface area contributed by atoms with Crippen LogP contribution in [0.1, 0.15) is 41.6 Å². The Bertz CT molecular complexity index is 608. The molecule has 0 aliphatic heterocycles. The quantitative estimate of drug-likeness (QED) is 0.776. The molecule has 0 radical (unpaired) electrons. The van der Waals surface area contributed by atoms with Crippen LogP contribution >= 0.6 is 0 Å². The van der Waals surface area contributed by atoms with E-state index in [9.17, 15) is 4.79 Å². The van der Waals surface area contributed by atoms with Gasteiger partial charge in [0.1, 0.15) is 5.75 Å². The highest BCUT2D eigenvalue weighted by Crippen LogP contribution is 2.43. The van der Waals surface area contributed by atoms with Gasteiger partial charge in [0.2, 0.25) is 0 Å². The molecule has 2 heteroatoms. The second-order valence-electron chi connectivity index (χ2n) is 5.71. The molecule has 2 aromatic carbocycles. The Morgan fingerprint density at radius 2 is 1.57 bits per heavy atom. The molecule has 0 saturated heterocycles. The van der Waals surface area contributed by atoms with E-state index < -0.39 is 0 Å². The second kappa shape index (κ2) is 5.72. The molecular weight excluding hydrogens is 260 g/mol. The van der Waals surface area contributed by atoms with Crippen LogP contribution < -0.4 is 4.74 Å². The number of methoxy groups -OCH3 is 1. The van der Waals surface area contributed by atoms with Gasteiger partial charge in [-0.3, -0.25) is 4.79 Å². The largest absolute Gasteiger partial charge is 0.497 e. The van der Waals surface area contributed by atoms with Crippen molar-refractivity contribution in [3.63, 3.8) is 0 Å². The fraction of sp³-hybridized carbons (Fsp3) is 0.316. The minimum atomic E-state index is -0.337. The number of ketones is 1. The van der Waals surface area contributed by atoms with Gasteiger partial charge in [-0.15, -0.1) is 0 Å². The number of carbonyl (C=O) groups excluding carboxylic acids is 1. The monoisotopic (exact) mass is 280 g/mol. The summed E-state index contributed by atoms with van der Waals surface area (Å²) < 4.78 is 5.17. The number of hydrogen-bond acceptors (Lipinski definition) is 2. The van der Waals surface area contributed by atoms with Crippen molar-refractivity contribution < 1.29 is 9.53 Å². The highest BCUT2D eigenvalue weighted by Gasteiger charge is 2.42. The number of rotatable bonds is 4. The van der Waals surface area contributed by atoms with E-state index in [2.05, 4.69) is 12.1 Å². The van der Waals surface area contributed by atoms with Gasteiger partial charge in [-0.05, 0) is 42.7 Å². The molecule has 1 saturated carbocycles. The lowest BCUT2D eigenvalue weighted by molar-refractivity contribution is 0.0886. The van der Waals surface area contributed by atoms with Crippen molar-refractivity contribution in [2.45, 2.75) is 31.1 Å². The smallest absolute Gasteiger partial charge is 0.173 e. The molecule has 0 unspecified atom stereocenters. The average molecular weight is 280 g/mol. The van der Waals surface area contributed by atoms with Gasteiger partial charge in [0, 0.05) is 5.56 Å². The predicted molar refractivity (Wildman–Crippen MR) is 83.9 cm³/mol. The van der Waals surface area contributed by atoms with Crippen LogP contribution in [0.15, 0.2) is 54.6 Å². The summed E-state index contributed by atoms with van der Waals surface area (Å²) in [7, 11) is 1.64. The molecule has 0 heterocycles. The van der Waals surface area contributed by atoms with Crippen LogP contribution in [-0.4, -0.2) is 12.9 Å². The van der Waals surface area contributed by atoms with Crippen molar-refractivity contribution in [1.29, 1.82) is 0 Å². The van der Waals surface area contributed by atoms with Crippen LogP contribution in [0.3, 0.4) is 0 Å². The number of benzene rings is 2. The molecular formula is C19H20O2. The van der Waals surface area contributed by atoms with Crippen molar-refractivity contribution in [3.05, 3.63) is 65.7 Å². The zero-order chi connectivity index (χ0) is 14.7. The molecule has 0 N–H and O–H groups in total. The maximum Gasteiger partial charge on any atom is 0.173 e. The van der Waals surface area contributed by atoms with Crippen LogP contribution in [-0.2, 0) is 5.41 Å². The Labute approximate surface area is 125 Å². The van der Waals surface area contributed by atoms with Crippen LogP contribution in [0, 0.1) is 0 Å². The Morgan fingerprint density at radius 1 is 0.952 bits per heavy atom. The van der Waals surface area contributed by atoms with E-state index in [1.807, 2.05) is 42.5 Å². The molecule has 1 fully saturated rings. The molecule has 21 heavy (non-hydrogen) atoms. The zero-order valence-electron chi connectivity index (χ0n) is 12.3. The average Bonchev–Trinajstić information content (AvgIpc) is 3.06. The van der Waals surface area contributed by atoms with Crippen molar-refractivity contribution in [3.8, 4) is 5.75 Å². The molecule has 0 atom stereocenters. The standard InChI is InChI=1S/C19H20O2/c1-21-17-11-9-15(10-12-17)18(20)19(13-5-6-14-19)16-7-3-2-4-8-16/h2-4,7-12H,5-6,13-14H2,1H3. The van der Waals surface area contributed by atoms with Crippen LogP contribution in [0.4, 0.5) is 0 Å². The first kappa shape index (κ1) is 13.9. The summed E-state index contributed by atoms with van der Waals surface area (Å²) in [4.78, 5) is 13.1. The number of hydrogen-bond donors (Lipinski definition) is 0. The zero-order valence-corrected chi connectivity index (χ0v) is 12.3. The molecule has 1 aliphatic carbocycles. The Hall–Kier alpha value is -2.09. The third-order valence-electron chi connectivity index (χ3n) is 4.57. The Kier molecular flexibility index (Phi) is 3.78. The fourth-order valence-corrected chi connectivity index (χ4v) is 3.40. The van der Waals surface area contributed by atoms with Crippen molar-refractivity contribution in [2.24, 2.45) is 0 Å². The van der Waals surface area contributed by atoms with Gasteiger partial charge < -0.3 is 4.74 Å². The van der Waals surface area contributed by atoms with E-state index >= 15 is 0 Å². The molecule has 0 aromatic heterocycles. The van der Waals surface area contributed by atoms with E-state index in [-0.39, 0.29) is 11.2 Å². The summed E-state index contributed by atoms with van der Waals surface area (Å²) in [6, 6.07) is 17.7. The van der Waals surface area contributed by atoms with Gasteiger partial charge in [0.25, 0.3) is 0 Å². The SMILES string of the molecule is COc1ccc(C(=O)C2(c3ccccc3)CCCC2)cc1. The van der Waals surface area contributed by atoms with E-state index in [1.165, 1.54) is 0 Å². The van der Waals surface area contributed by atoms with Crippen molar-refractivity contribution >= 4 is 5.78 Å². The first-order valence-corrected chi connectivity index (χ1v) is 7.51. The molecule has 0 amide bonds. The summed E-state index contributed by atoms with van der Waals surface area (Å²) in [6.45, 7) is 0. The van der Waals surface area contributed by atoms with E-state index in [0.29, 0.717) is 0 Å². The topological polar surface area (TPSA) is 26.3 Å². The summed E-state index contributed by atoms with van der Waals surface area (Å²) in [6.07, 6.45) is 4.14. The molecule has 0 spiro atoms. The van der Waals surface area contributed by atoms with Crippen LogP contribution in [0.25, 0.3) is 0 Å². The summed E-state index contributed by atoms with van der Waals surface area (Å²) >= 11 is 0. The molecule has 2 aromatic rings. The van der Waals surface area contributed by atoms with Gasteiger partial charge in [-0.2, -0.15) is 0 Å². The summed E-state index contributed by atoms with van der Waals surface area (Å²) in [5.41, 5.74) is 1.60. The Balaban J connectivity index is 1.99. The maximum atomic E-state index is 13.1. The lowest BCUT2D eigenvalue weighted by Gasteiger charge is -2.28. The Morgan fingerprint density at radius 3 is 2.14 bits per heavy atom. The summed E-state index contributed by atoms with van der Waals surface area (Å²) in [5.74, 6) is 1.03. The molecule has 2 nitrogen and oxygen atoms in total. The number of ether oxygens (including phenoxy) is 1. The van der Waals surface area contributed by atoms with E-state index in [0.717, 1.165) is 42.6 Å².